The van der Waals surface area contributed by atoms with E-state index in [0.29, 0.717) is 23.8 Å². The van der Waals surface area contributed by atoms with Gasteiger partial charge in [-0.3, -0.25) is 9.69 Å². The lowest BCUT2D eigenvalue weighted by Gasteiger charge is -2.31. The molecule has 1 aliphatic heterocycles. The molecule has 5 nitrogen and oxygen atoms in total. The highest BCUT2D eigenvalue weighted by Crippen LogP contribution is 2.27. The molecular weight excluding hydrogens is 402 g/mol. The van der Waals surface area contributed by atoms with Gasteiger partial charge in [-0.15, -0.1) is 0 Å². The first-order valence-electron chi connectivity index (χ1n) is 11.4. The summed E-state index contributed by atoms with van der Waals surface area (Å²) in [5.74, 6) is 1.58. The molecule has 0 N–H and O–H groups in total. The van der Waals surface area contributed by atoms with Gasteiger partial charge in [-0.25, -0.2) is 4.79 Å². The number of ketones is 1. The van der Waals surface area contributed by atoms with Crippen LogP contribution in [0.1, 0.15) is 48.2 Å². The molecule has 1 fully saturated rings. The highest BCUT2D eigenvalue weighted by atomic mass is 16.5. The molecular formula is C27H31NO4. The van der Waals surface area contributed by atoms with Crippen LogP contribution in [0.4, 0.5) is 0 Å². The van der Waals surface area contributed by atoms with Gasteiger partial charge in [0.25, 0.3) is 0 Å². The van der Waals surface area contributed by atoms with Crippen LogP contribution in [0.3, 0.4) is 0 Å². The highest BCUT2D eigenvalue weighted by Gasteiger charge is 2.26. The number of piperidine rings is 1. The Kier molecular flexibility index (Phi) is 6.75. The Balaban J connectivity index is 1.40. The molecule has 1 aliphatic rings. The van der Waals surface area contributed by atoms with Crippen molar-refractivity contribution in [1.29, 1.82) is 0 Å². The third-order valence-electron chi connectivity index (χ3n) is 6.27. The van der Waals surface area contributed by atoms with Crippen molar-refractivity contribution >= 4 is 16.8 Å². The number of benzene rings is 2. The van der Waals surface area contributed by atoms with E-state index in [0.717, 1.165) is 48.9 Å². The summed E-state index contributed by atoms with van der Waals surface area (Å²) in [6.45, 7) is 6.74. The third kappa shape index (κ3) is 5.10. The Morgan fingerprint density at radius 1 is 1.09 bits per heavy atom. The molecule has 2 heterocycles. The zero-order valence-corrected chi connectivity index (χ0v) is 19.1. The van der Waals surface area contributed by atoms with Gasteiger partial charge in [0.15, 0.2) is 5.78 Å². The minimum Gasteiger partial charge on any atom is -0.497 e. The minimum atomic E-state index is -0.355. The van der Waals surface area contributed by atoms with E-state index in [9.17, 15) is 9.59 Å². The Morgan fingerprint density at radius 2 is 1.81 bits per heavy atom. The molecule has 4 rings (SSSR count). The number of carbonyl (C=O) groups is 1. The summed E-state index contributed by atoms with van der Waals surface area (Å²) < 4.78 is 10.6. The van der Waals surface area contributed by atoms with Crippen LogP contribution in [0.2, 0.25) is 0 Å². The van der Waals surface area contributed by atoms with Crippen molar-refractivity contribution in [3.63, 3.8) is 0 Å². The maximum Gasteiger partial charge on any atom is 0.336 e. The number of ether oxygens (including phenoxy) is 1. The largest absolute Gasteiger partial charge is 0.497 e. The van der Waals surface area contributed by atoms with Crippen LogP contribution in [0, 0.1) is 11.8 Å². The Labute approximate surface area is 189 Å². The molecule has 0 atom stereocenters. The smallest absolute Gasteiger partial charge is 0.336 e. The summed E-state index contributed by atoms with van der Waals surface area (Å²) in [7, 11) is 1.59. The second-order valence-electron chi connectivity index (χ2n) is 9.16. The summed E-state index contributed by atoms with van der Waals surface area (Å²) in [5.41, 5.74) is 3.23. The molecule has 0 bridgehead atoms. The fourth-order valence-corrected chi connectivity index (χ4v) is 4.57. The molecule has 1 saturated heterocycles. The normalized spacial score (nSPS) is 15.4. The first kappa shape index (κ1) is 22.3. The number of carbonyl (C=O) groups excluding carboxylic acids is 1. The van der Waals surface area contributed by atoms with Crippen molar-refractivity contribution in [3.8, 4) is 5.75 Å². The van der Waals surface area contributed by atoms with E-state index >= 15 is 0 Å². The topological polar surface area (TPSA) is 59.8 Å². The molecule has 3 aromatic rings. The molecule has 0 amide bonds. The Bertz CT molecular complexity index is 1140. The molecule has 32 heavy (non-hydrogen) atoms. The fourth-order valence-electron chi connectivity index (χ4n) is 4.57. The monoisotopic (exact) mass is 433 g/mol. The van der Waals surface area contributed by atoms with E-state index in [4.69, 9.17) is 9.15 Å². The van der Waals surface area contributed by atoms with Crippen molar-refractivity contribution in [3.05, 3.63) is 75.6 Å². The van der Waals surface area contributed by atoms with E-state index in [1.165, 1.54) is 5.56 Å². The molecule has 0 aliphatic carbocycles. The second kappa shape index (κ2) is 9.70. The quantitative estimate of drug-likeness (QED) is 0.383. The number of hydrogen-bond donors (Lipinski definition) is 0. The van der Waals surface area contributed by atoms with Crippen molar-refractivity contribution in [2.45, 2.75) is 39.7 Å². The number of rotatable bonds is 7. The van der Waals surface area contributed by atoms with Crippen molar-refractivity contribution < 1.29 is 13.9 Å². The first-order chi connectivity index (χ1) is 15.4. The molecule has 2 aromatic carbocycles. The number of nitrogens with zero attached hydrogens (tertiary/aromatic N) is 1. The summed E-state index contributed by atoms with van der Waals surface area (Å²) in [6, 6.07) is 15.3. The molecule has 0 unspecified atom stereocenters. The number of fused-ring (bicyclic) bond motifs is 1. The van der Waals surface area contributed by atoms with Gasteiger partial charge in [-0.2, -0.15) is 0 Å². The SMILES string of the molecule is COc1ccc2c(CN3CCC(C(=O)c4ccc(CC(C)C)cc4)CC3)cc(=O)oc2c1. The van der Waals surface area contributed by atoms with E-state index in [2.05, 4.69) is 30.9 Å². The summed E-state index contributed by atoms with van der Waals surface area (Å²) >= 11 is 0. The first-order valence-corrected chi connectivity index (χ1v) is 11.4. The highest BCUT2D eigenvalue weighted by molar-refractivity contribution is 5.98. The predicted octanol–water partition coefficient (Wildman–Crippen LogP) is 5.10. The molecule has 1 aromatic heterocycles. The van der Waals surface area contributed by atoms with E-state index in [1.807, 2.05) is 24.3 Å². The van der Waals surface area contributed by atoms with Gasteiger partial charge in [0.1, 0.15) is 11.3 Å². The van der Waals surface area contributed by atoms with Crippen LogP contribution in [0.5, 0.6) is 5.75 Å². The van der Waals surface area contributed by atoms with E-state index in [1.54, 1.807) is 19.2 Å². The number of hydrogen-bond acceptors (Lipinski definition) is 5. The predicted molar refractivity (Wildman–Crippen MR) is 126 cm³/mol. The third-order valence-corrected chi connectivity index (χ3v) is 6.27. The minimum absolute atomic E-state index is 0.0593. The van der Waals surface area contributed by atoms with Gasteiger partial charge >= 0.3 is 5.63 Å². The average Bonchev–Trinajstić information content (AvgIpc) is 2.78. The van der Waals surface area contributed by atoms with Crippen molar-refractivity contribution in [2.24, 2.45) is 11.8 Å². The van der Waals surface area contributed by atoms with Crippen molar-refractivity contribution in [1.82, 2.24) is 4.90 Å². The van der Waals surface area contributed by atoms with Crippen LogP contribution in [-0.2, 0) is 13.0 Å². The second-order valence-corrected chi connectivity index (χ2v) is 9.16. The van der Waals surface area contributed by atoms with Gasteiger partial charge in [0.05, 0.1) is 7.11 Å². The Hall–Kier alpha value is -2.92. The summed E-state index contributed by atoms with van der Waals surface area (Å²) in [4.78, 5) is 27.4. The average molecular weight is 434 g/mol. The van der Waals surface area contributed by atoms with E-state index in [-0.39, 0.29) is 17.3 Å². The number of methoxy groups -OCH3 is 1. The standard InChI is InChI=1S/C27H31NO4/c1-18(2)14-19-4-6-20(7-5-19)27(30)21-10-12-28(13-11-21)17-22-15-26(29)32-25-16-23(31-3)8-9-24(22)25/h4-9,15-16,18,21H,10-14,17H2,1-3H3. The molecule has 0 radical (unpaired) electrons. The lowest BCUT2D eigenvalue weighted by Crippen LogP contribution is -2.36. The lowest BCUT2D eigenvalue weighted by molar-refractivity contribution is 0.0835. The van der Waals surface area contributed by atoms with Gasteiger partial charge in [-0.1, -0.05) is 38.1 Å². The number of Topliss-reactive ketones (excluding diaryl/α,β-unsaturated/α-hetero) is 1. The van der Waals surface area contributed by atoms with Gasteiger partial charge in [0, 0.05) is 35.5 Å². The molecule has 0 spiro atoms. The maximum atomic E-state index is 13.0. The lowest BCUT2D eigenvalue weighted by atomic mass is 9.88. The van der Waals surface area contributed by atoms with E-state index < -0.39 is 0 Å². The summed E-state index contributed by atoms with van der Waals surface area (Å²) in [5, 5.41) is 0.921. The summed E-state index contributed by atoms with van der Waals surface area (Å²) in [6.07, 6.45) is 2.70. The maximum absolute atomic E-state index is 13.0. The number of likely N-dealkylation sites (tertiary alicyclic amines) is 1. The zero-order valence-electron chi connectivity index (χ0n) is 19.1. The molecule has 168 valence electrons. The molecule has 5 heteroatoms. The van der Waals surface area contributed by atoms with Crippen LogP contribution in [0.25, 0.3) is 11.0 Å². The molecule has 0 saturated carbocycles. The van der Waals surface area contributed by atoms with Crippen LogP contribution in [-0.4, -0.2) is 30.9 Å². The van der Waals surface area contributed by atoms with Gasteiger partial charge in [-0.05, 0) is 61.5 Å². The van der Waals surface area contributed by atoms with Crippen molar-refractivity contribution in [2.75, 3.05) is 20.2 Å². The van der Waals surface area contributed by atoms with Crippen LogP contribution in [0.15, 0.2) is 57.7 Å². The van der Waals surface area contributed by atoms with Gasteiger partial charge in [0.2, 0.25) is 0 Å². The van der Waals surface area contributed by atoms with Crippen LogP contribution >= 0.6 is 0 Å². The van der Waals surface area contributed by atoms with Crippen LogP contribution < -0.4 is 10.4 Å². The van der Waals surface area contributed by atoms with Gasteiger partial charge < -0.3 is 9.15 Å². The zero-order chi connectivity index (χ0) is 22.7. The fraction of sp³-hybridized carbons (Fsp3) is 0.407. The Morgan fingerprint density at radius 3 is 2.47 bits per heavy atom.